The van der Waals surface area contributed by atoms with E-state index in [1.807, 2.05) is 11.7 Å². The first kappa shape index (κ1) is 13.8. The number of nitrogens with one attached hydrogen (secondary N) is 1. The first-order chi connectivity index (χ1) is 8.99. The molecule has 2 rings (SSSR count). The summed E-state index contributed by atoms with van der Waals surface area (Å²) in [6.45, 7) is 9.42. The predicted molar refractivity (Wildman–Crippen MR) is 79.1 cm³/mol. The molecule has 1 heterocycles. The van der Waals surface area contributed by atoms with Crippen molar-refractivity contribution in [3.63, 3.8) is 0 Å². The van der Waals surface area contributed by atoms with Crippen LogP contribution in [0.5, 0.6) is 0 Å². The van der Waals surface area contributed by atoms with Crippen LogP contribution in [0.25, 0.3) is 0 Å². The van der Waals surface area contributed by atoms with Crippen molar-refractivity contribution < 1.29 is 0 Å². The Kier molecular flexibility index (Phi) is 4.05. The molecule has 0 saturated carbocycles. The van der Waals surface area contributed by atoms with Crippen molar-refractivity contribution in [3.05, 3.63) is 52.3 Å². The summed E-state index contributed by atoms with van der Waals surface area (Å²) in [5.74, 6) is 0. The van der Waals surface area contributed by atoms with E-state index in [1.54, 1.807) is 0 Å². The van der Waals surface area contributed by atoms with E-state index in [1.165, 1.54) is 22.4 Å². The first-order valence-corrected chi connectivity index (χ1v) is 6.78. The fraction of sp³-hybridized carbons (Fsp3) is 0.438. The Hall–Kier alpha value is -1.61. The largest absolute Gasteiger partial charge is 0.306 e. The molecule has 1 aromatic heterocycles. The van der Waals surface area contributed by atoms with Crippen molar-refractivity contribution in [1.82, 2.24) is 15.1 Å². The van der Waals surface area contributed by atoms with Gasteiger partial charge in [0, 0.05) is 30.9 Å². The van der Waals surface area contributed by atoms with Gasteiger partial charge in [0.05, 0.1) is 5.69 Å². The maximum Gasteiger partial charge on any atom is 0.0644 e. The van der Waals surface area contributed by atoms with Gasteiger partial charge in [0.1, 0.15) is 0 Å². The lowest BCUT2D eigenvalue weighted by atomic mass is 10.1. The van der Waals surface area contributed by atoms with Gasteiger partial charge >= 0.3 is 0 Å². The van der Waals surface area contributed by atoms with Gasteiger partial charge in [0.2, 0.25) is 0 Å². The third kappa shape index (κ3) is 3.04. The first-order valence-electron chi connectivity index (χ1n) is 6.78. The van der Waals surface area contributed by atoms with Gasteiger partial charge in [0.15, 0.2) is 0 Å². The van der Waals surface area contributed by atoms with Crippen molar-refractivity contribution in [1.29, 1.82) is 0 Å². The van der Waals surface area contributed by atoms with Gasteiger partial charge in [-0.2, -0.15) is 5.10 Å². The van der Waals surface area contributed by atoms with Crippen LogP contribution in [0.15, 0.2) is 24.3 Å². The normalized spacial score (nSPS) is 12.7. The summed E-state index contributed by atoms with van der Waals surface area (Å²) in [6, 6.07) is 8.94. The maximum absolute atomic E-state index is 4.48. The van der Waals surface area contributed by atoms with E-state index in [0.29, 0.717) is 6.04 Å². The quantitative estimate of drug-likeness (QED) is 0.911. The minimum Gasteiger partial charge on any atom is -0.306 e. The molecular formula is C16H23N3. The average Bonchev–Trinajstić information content (AvgIpc) is 2.61. The van der Waals surface area contributed by atoms with Crippen molar-refractivity contribution in [2.45, 2.75) is 40.3 Å². The van der Waals surface area contributed by atoms with Gasteiger partial charge in [-0.05, 0) is 33.3 Å². The van der Waals surface area contributed by atoms with E-state index in [9.17, 15) is 0 Å². The summed E-state index contributed by atoms with van der Waals surface area (Å²) in [6.07, 6.45) is 0. The van der Waals surface area contributed by atoms with Gasteiger partial charge in [-0.15, -0.1) is 0 Å². The zero-order valence-corrected chi connectivity index (χ0v) is 12.5. The molecule has 1 atom stereocenters. The van der Waals surface area contributed by atoms with E-state index >= 15 is 0 Å². The van der Waals surface area contributed by atoms with Crippen LogP contribution in [0, 0.1) is 20.8 Å². The van der Waals surface area contributed by atoms with Crippen LogP contribution in [0.2, 0.25) is 0 Å². The van der Waals surface area contributed by atoms with Gasteiger partial charge in [-0.25, -0.2) is 0 Å². The number of hydrogen-bond acceptors (Lipinski definition) is 2. The molecule has 0 bridgehead atoms. The highest BCUT2D eigenvalue weighted by Gasteiger charge is 2.15. The summed E-state index contributed by atoms with van der Waals surface area (Å²) in [5, 5.41) is 8.06. The van der Waals surface area contributed by atoms with Crippen molar-refractivity contribution in [2.75, 3.05) is 0 Å². The van der Waals surface area contributed by atoms with Crippen LogP contribution in [0.1, 0.15) is 41.0 Å². The van der Waals surface area contributed by atoms with Crippen molar-refractivity contribution in [2.24, 2.45) is 7.05 Å². The second kappa shape index (κ2) is 5.57. The summed E-state index contributed by atoms with van der Waals surface area (Å²) in [4.78, 5) is 0. The zero-order valence-electron chi connectivity index (χ0n) is 12.5. The molecule has 19 heavy (non-hydrogen) atoms. The summed E-state index contributed by atoms with van der Waals surface area (Å²) in [5.41, 5.74) is 6.30. The third-order valence-corrected chi connectivity index (χ3v) is 3.69. The summed E-state index contributed by atoms with van der Waals surface area (Å²) in [7, 11) is 2.00. The molecule has 1 aromatic carbocycles. The van der Waals surface area contributed by atoms with Gasteiger partial charge < -0.3 is 5.32 Å². The second-order valence-electron chi connectivity index (χ2n) is 5.30. The Morgan fingerprint density at radius 3 is 2.58 bits per heavy atom. The maximum atomic E-state index is 4.48. The highest BCUT2D eigenvalue weighted by molar-refractivity contribution is 5.28. The third-order valence-electron chi connectivity index (χ3n) is 3.69. The molecule has 0 saturated heterocycles. The average molecular weight is 257 g/mol. The number of aromatic nitrogens is 2. The number of aryl methyl sites for hydroxylation is 3. The minimum absolute atomic E-state index is 0.314. The molecule has 3 nitrogen and oxygen atoms in total. The topological polar surface area (TPSA) is 29.9 Å². The molecular weight excluding hydrogens is 234 g/mol. The van der Waals surface area contributed by atoms with Crippen LogP contribution in [-0.2, 0) is 13.6 Å². The molecule has 3 heteroatoms. The Labute approximate surface area is 115 Å². The highest BCUT2D eigenvalue weighted by Crippen LogP contribution is 2.21. The Morgan fingerprint density at radius 2 is 2.00 bits per heavy atom. The van der Waals surface area contributed by atoms with Crippen LogP contribution in [0.4, 0.5) is 0 Å². The molecule has 2 aromatic rings. The number of hydrogen-bond donors (Lipinski definition) is 1. The molecule has 1 unspecified atom stereocenters. The lowest BCUT2D eigenvalue weighted by Gasteiger charge is -2.15. The van der Waals surface area contributed by atoms with Gasteiger partial charge in [-0.3, -0.25) is 4.68 Å². The van der Waals surface area contributed by atoms with Crippen molar-refractivity contribution >= 4 is 0 Å². The number of nitrogens with zero attached hydrogens (tertiary/aromatic N) is 2. The Bertz CT molecular complexity index is 569. The van der Waals surface area contributed by atoms with Gasteiger partial charge in [-0.1, -0.05) is 29.8 Å². The van der Waals surface area contributed by atoms with E-state index in [0.717, 1.165) is 12.2 Å². The Morgan fingerprint density at radius 1 is 1.26 bits per heavy atom. The molecule has 0 aliphatic rings. The molecule has 0 spiro atoms. The predicted octanol–water partition coefficient (Wildman–Crippen LogP) is 3.20. The molecule has 0 aliphatic heterocycles. The smallest absolute Gasteiger partial charge is 0.0644 e. The van der Waals surface area contributed by atoms with E-state index in [4.69, 9.17) is 0 Å². The lowest BCUT2D eigenvalue weighted by molar-refractivity contribution is 0.568. The summed E-state index contributed by atoms with van der Waals surface area (Å²) < 4.78 is 1.95. The van der Waals surface area contributed by atoms with Crippen LogP contribution >= 0.6 is 0 Å². The fourth-order valence-electron chi connectivity index (χ4n) is 2.61. The zero-order chi connectivity index (χ0) is 14.0. The van der Waals surface area contributed by atoms with Crippen LogP contribution in [0.3, 0.4) is 0 Å². The second-order valence-corrected chi connectivity index (χ2v) is 5.30. The monoisotopic (exact) mass is 257 g/mol. The van der Waals surface area contributed by atoms with E-state index < -0.39 is 0 Å². The number of rotatable bonds is 4. The molecule has 0 radical (unpaired) electrons. The van der Waals surface area contributed by atoms with E-state index in [-0.39, 0.29) is 0 Å². The standard InChI is InChI=1S/C16H23N3/c1-11-7-6-8-15(9-11)10-17-12(2)16-13(3)18-19(5)14(16)4/h6-9,12,17H,10H2,1-5H3. The fourth-order valence-corrected chi connectivity index (χ4v) is 2.61. The SMILES string of the molecule is Cc1cccc(CNC(C)c2c(C)nn(C)c2C)c1. The van der Waals surface area contributed by atoms with Crippen LogP contribution in [-0.4, -0.2) is 9.78 Å². The van der Waals surface area contributed by atoms with Gasteiger partial charge in [0.25, 0.3) is 0 Å². The molecule has 1 N–H and O–H groups in total. The molecule has 102 valence electrons. The molecule has 0 aliphatic carbocycles. The highest BCUT2D eigenvalue weighted by atomic mass is 15.3. The number of benzene rings is 1. The lowest BCUT2D eigenvalue weighted by Crippen LogP contribution is -2.19. The Balaban J connectivity index is 2.07. The van der Waals surface area contributed by atoms with Crippen molar-refractivity contribution in [3.8, 4) is 0 Å². The minimum atomic E-state index is 0.314. The molecule has 0 fully saturated rings. The molecule has 0 amide bonds. The summed E-state index contributed by atoms with van der Waals surface area (Å²) >= 11 is 0. The van der Waals surface area contributed by atoms with E-state index in [2.05, 4.69) is 62.4 Å². The van der Waals surface area contributed by atoms with Crippen LogP contribution < -0.4 is 5.32 Å².